The highest BCUT2D eigenvalue weighted by Gasteiger charge is 2.18. The van der Waals surface area contributed by atoms with Crippen LogP contribution in [0.2, 0.25) is 0 Å². The Morgan fingerprint density at radius 3 is 2.75 bits per heavy atom. The normalized spacial score (nSPS) is 15.4. The SMILES string of the molecule is O=C1CCCN(c2ccc(-c3cccc(Br)c3)nn2)C1. The monoisotopic (exact) mass is 331 g/mol. The zero-order valence-corrected chi connectivity index (χ0v) is 12.5. The second-order valence-corrected chi connectivity index (χ2v) is 5.77. The molecular weight excluding hydrogens is 318 g/mol. The van der Waals surface area contributed by atoms with Crippen molar-refractivity contribution in [1.29, 1.82) is 0 Å². The van der Waals surface area contributed by atoms with Gasteiger partial charge in [-0.05, 0) is 30.7 Å². The Hall–Kier alpha value is -1.75. The quantitative estimate of drug-likeness (QED) is 0.848. The fraction of sp³-hybridized carbons (Fsp3) is 0.267. The van der Waals surface area contributed by atoms with Crippen molar-refractivity contribution in [3.05, 3.63) is 40.9 Å². The minimum atomic E-state index is 0.272. The van der Waals surface area contributed by atoms with Gasteiger partial charge >= 0.3 is 0 Å². The van der Waals surface area contributed by atoms with Crippen LogP contribution >= 0.6 is 15.9 Å². The molecule has 0 amide bonds. The predicted octanol–water partition coefficient (Wildman–Crippen LogP) is 3.08. The molecule has 20 heavy (non-hydrogen) atoms. The Morgan fingerprint density at radius 2 is 2.05 bits per heavy atom. The number of hydrogen-bond acceptors (Lipinski definition) is 4. The number of nitrogens with zero attached hydrogens (tertiary/aromatic N) is 3. The number of piperidine rings is 1. The second kappa shape index (κ2) is 5.71. The third-order valence-corrected chi connectivity index (χ3v) is 3.84. The van der Waals surface area contributed by atoms with Crippen LogP contribution in [0.25, 0.3) is 11.3 Å². The van der Waals surface area contributed by atoms with Gasteiger partial charge in [0.25, 0.3) is 0 Å². The summed E-state index contributed by atoms with van der Waals surface area (Å²) in [5.41, 5.74) is 1.85. The van der Waals surface area contributed by atoms with Crippen molar-refractivity contribution < 1.29 is 4.79 Å². The van der Waals surface area contributed by atoms with Crippen molar-refractivity contribution in [3.8, 4) is 11.3 Å². The molecule has 1 aliphatic heterocycles. The van der Waals surface area contributed by atoms with Crippen LogP contribution in [0, 0.1) is 0 Å². The third-order valence-electron chi connectivity index (χ3n) is 3.35. The van der Waals surface area contributed by atoms with Crippen LogP contribution in [0.15, 0.2) is 40.9 Å². The fourth-order valence-corrected chi connectivity index (χ4v) is 2.73. The number of carbonyl (C=O) groups excluding carboxylic acids is 1. The molecule has 2 heterocycles. The summed E-state index contributed by atoms with van der Waals surface area (Å²) in [7, 11) is 0. The molecule has 0 N–H and O–H groups in total. The lowest BCUT2D eigenvalue weighted by molar-refractivity contribution is -0.118. The molecule has 1 saturated heterocycles. The van der Waals surface area contributed by atoms with E-state index < -0.39 is 0 Å². The highest BCUT2D eigenvalue weighted by molar-refractivity contribution is 9.10. The van der Waals surface area contributed by atoms with Crippen LogP contribution < -0.4 is 4.90 Å². The smallest absolute Gasteiger partial charge is 0.152 e. The fourth-order valence-electron chi connectivity index (χ4n) is 2.33. The van der Waals surface area contributed by atoms with Crippen LogP contribution in [-0.2, 0) is 4.79 Å². The maximum absolute atomic E-state index is 11.5. The maximum Gasteiger partial charge on any atom is 0.152 e. The number of benzene rings is 1. The van der Waals surface area contributed by atoms with Crippen LogP contribution in [0.4, 0.5) is 5.82 Å². The summed E-state index contributed by atoms with van der Waals surface area (Å²) in [5, 5.41) is 8.52. The third kappa shape index (κ3) is 2.88. The molecule has 102 valence electrons. The van der Waals surface area contributed by atoms with Gasteiger partial charge in [0.05, 0.1) is 12.2 Å². The van der Waals surface area contributed by atoms with Crippen LogP contribution in [0.3, 0.4) is 0 Å². The summed E-state index contributed by atoms with van der Waals surface area (Å²) >= 11 is 3.45. The van der Waals surface area contributed by atoms with E-state index in [2.05, 4.69) is 26.1 Å². The molecule has 4 nitrogen and oxygen atoms in total. The summed E-state index contributed by atoms with van der Waals surface area (Å²) in [6.07, 6.45) is 1.58. The van der Waals surface area contributed by atoms with E-state index in [-0.39, 0.29) is 5.78 Å². The van der Waals surface area contributed by atoms with Gasteiger partial charge in [0, 0.05) is 23.0 Å². The molecule has 0 aliphatic carbocycles. The molecular formula is C15H14BrN3O. The van der Waals surface area contributed by atoms with Crippen molar-refractivity contribution in [1.82, 2.24) is 10.2 Å². The maximum atomic E-state index is 11.5. The van der Waals surface area contributed by atoms with Gasteiger partial charge in [0.15, 0.2) is 11.6 Å². The van der Waals surface area contributed by atoms with E-state index in [1.165, 1.54) is 0 Å². The Balaban J connectivity index is 1.82. The molecule has 0 bridgehead atoms. The first kappa shape index (κ1) is 13.2. The topological polar surface area (TPSA) is 46.1 Å². The van der Waals surface area contributed by atoms with Crippen molar-refractivity contribution in [3.63, 3.8) is 0 Å². The van der Waals surface area contributed by atoms with Crippen molar-refractivity contribution in [2.45, 2.75) is 12.8 Å². The minimum Gasteiger partial charge on any atom is -0.348 e. The zero-order valence-electron chi connectivity index (χ0n) is 10.9. The highest BCUT2D eigenvalue weighted by atomic mass is 79.9. The van der Waals surface area contributed by atoms with Gasteiger partial charge in [0.1, 0.15) is 0 Å². The van der Waals surface area contributed by atoms with Crippen LogP contribution in [-0.4, -0.2) is 29.1 Å². The van der Waals surface area contributed by atoms with Crippen LogP contribution in [0.1, 0.15) is 12.8 Å². The standard InChI is InChI=1S/C15H14BrN3O/c16-12-4-1-3-11(9-12)14-6-7-15(18-17-14)19-8-2-5-13(20)10-19/h1,3-4,6-7,9H,2,5,8,10H2. The van der Waals surface area contributed by atoms with Crippen molar-refractivity contribution >= 4 is 27.5 Å². The van der Waals surface area contributed by atoms with E-state index in [4.69, 9.17) is 0 Å². The molecule has 1 aromatic carbocycles. The first-order valence-electron chi connectivity index (χ1n) is 6.59. The molecule has 5 heteroatoms. The van der Waals surface area contributed by atoms with E-state index in [0.29, 0.717) is 13.0 Å². The van der Waals surface area contributed by atoms with E-state index in [9.17, 15) is 4.79 Å². The van der Waals surface area contributed by atoms with Crippen molar-refractivity contribution in [2.75, 3.05) is 18.0 Å². The van der Waals surface area contributed by atoms with Gasteiger partial charge in [-0.1, -0.05) is 28.1 Å². The zero-order chi connectivity index (χ0) is 13.9. The number of halogens is 1. The van der Waals surface area contributed by atoms with E-state index in [0.717, 1.165) is 34.5 Å². The average molecular weight is 332 g/mol. The summed E-state index contributed by atoms with van der Waals surface area (Å²) < 4.78 is 1.02. The van der Waals surface area contributed by atoms with E-state index in [1.807, 2.05) is 41.3 Å². The first-order valence-corrected chi connectivity index (χ1v) is 7.38. The number of rotatable bonds is 2. The molecule has 0 atom stereocenters. The predicted molar refractivity (Wildman–Crippen MR) is 81.6 cm³/mol. The Bertz CT molecular complexity index is 627. The highest BCUT2D eigenvalue weighted by Crippen LogP contribution is 2.22. The van der Waals surface area contributed by atoms with Gasteiger partial charge in [-0.3, -0.25) is 4.79 Å². The number of carbonyl (C=O) groups is 1. The number of Topliss-reactive ketones (excluding diaryl/α,β-unsaturated/α-hetero) is 1. The van der Waals surface area contributed by atoms with Gasteiger partial charge in [-0.2, -0.15) is 0 Å². The first-order chi connectivity index (χ1) is 9.72. The molecule has 1 fully saturated rings. The summed E-state index contributed by atoms with van der Waals surface area (Å²) in [6.45, 7) is 1.32. The molecule has 1 aliphatic rings. The summed E-state index contributed by atoms with van der Waals surface area (Å²) in [4.78, 5) is 13.5. The Morgan fingerprint density at radius 1 is 1.15 bits per heavy atom. The van der Waals surface area contributed by atoms with Gasteiger partial charge < -0.3 is 4.90 Å². The number of ketones is 1. The van der Waals surface area contributed by atoms with Gasteiger partial charge in [-0.25, -0.2) is 0 Å². The molecule has 0 saturated carbocycles. The number of anilines is 1. The summed E-state index contributed by atoms with van der Waals surface area (Å²) in [6, 6.07) is 11.8. The van der Waals surface area contributed by atoms with Crippen LogP contribution in [0.5, 0.6) is 0 Å². The van der Waals surface area contributed by atoms with Gasteiger partial charge in [-0.15, -0.1) is 10.2 Å². The largest absolute Gasteiger partial charge is 0.348 e. The Labute approximate surface area is 126 Å². The van der Waals surface area contributed by atoms with E-state index in [1.54, 1.807) is 0 Å². The molecule has 3 rings (SSSR count). The molecule has 0 unspecified atom stereocenters. The molecule has 0 radical (unpaired) electrons. The minimum absolute atomic E-state index is 0.272. The number of aromatic nitrogens is 2. The average Bonchev–Trinajstić information content (AvgIpc) is 2.47. The number of hydrogen-bond donors (Lipinski definition) is 0. The lowest BCUT2D eigenvalue weighted by Gasteiger charge is -2.26. The lowest BCUT2D eigenvalue weighted by atomic mass is 10.1. The van der Waals surface area contributed by atoms with Gasteiger partial charge in [0.2, 0.25) is 0 Å². The van der Waals surface area contributed by atoms with Crippen molar-refractivity contribution in [2.24, 2.45) is 0 Å². The molecule has 1 aromatic heterocycles. The molecule has 0 spiro atoms. The molecule has 2 aromatic rings. The van der Waals surface area contributed by atoms with E-state index >= 15 is 0 Å². The Kier molecular flexibility index (Phi) is 3.78. The lowest BCUT2D eigenvalue weighted by Crippen LogP contribution is -2.36. The second-order valence-electron chi connectivity index (χ2n) is 4.85. The summed E-state index contributed by atoms with van der Waals surface area (Å²) in [5.74, 6) is 1.05.